The molecule has 0 saturated heterocycles. The van der Waals surface area contributed by atoms with Crippen LogP contribution in [0.2, 0.25) is 0 Å². The first-order valence-corrected chi connectivity index (χ1v) is 5.50. The van der Waals surface area contributed by atoms with Crippen LogP contribution in [0.15, 0.2) is 36.5 Å². The van der Waals surface area contributed by atoms with E-state index >= 15 is 0 Å². The van der Waals surface area contributed by atoms with Crippen LogP contribution in [-0.2, 0) is 6.54 Å². The van der Waals surface area contributed by atoms with Gasteiger partial charge in [0.25, 0.3) is 0 Å². The average molecular weight is 231 g/mol. The van der Waals surface area contributed by atoms with E-state index in [-0.39, 0.29) is 0 Å². The molecule has 0 aliphatic carbocycles. The molecule has 0 atom stereocenters. The van der Waals surface area contributed by atoms with Crippen LogP contribution in [0.3, 0.4) is 0 Å². The molecule has 1 aromatic heterocycles. The van der Waals surface area contributed by atoms with E-state index in [1.54, 1.807) is 6.20 Å². The van der Waals surface area contributed by atoms with E-state index in [1.165, 1.54) is 5.56 Å². The van der Waals surface area contributed by atoms with E-state index < -0.39 is 0 Å². The van der Waals surface area contributed by atoms with Gasteiger partial charge >= 0.3 is 0 Å². The van der Waals surface area contributed by atoms with Gasteiger partial charge < -0.3 is 10.3 Å². The van der Waals surface area contributed by atoms with Gasteiger partial charge in [0.15, 0.2) is 0 Å². The van der Waals surface area contributed by atoms with Crippen molar-refractivity contribution in [3.63, 3.8) is 0 Å². The number of aryl methyl sites for hydroxylation is 1. The van der Waals surface area contributed by atoms with Crippen LogP contribution in [-0.4, -0.2) is 15.0 Å². The number of aromatic nitrogens is 2. The maximum Gasteiger partial charge on any atom is 0.125 e. The maximum atomic E-state index is 5.25. The smallest absolute Gasteiger partial charge is 0.125 e. The summed E-state index contributed by atoms with van der Waals surface area (Å²) in [6, 6.07) is 10.2. The molecule has 0 bridgehead atoms. The lowest BCUT2D eigenvalue weighted by molar-refractivity contribution is 0.925. The standard InChI is InChI=1S/C12H13N3S/c1-9-13-8-11(15-9)12(16)14-7-10-5-3-2-4-6-10/h2-6,8H,7H2,1H3,(H,13,15)(H,14,16). The Morgan fingerprint density at radius 2 is 2.12 bits per heavy atom. The second-order valence-corrected chi connectivity index (χ2v) is 3.96. The summed E-state index contributed by atoms with van der Waals surface area (Å²) in [4.78, 5) is 7.91. The van der Waals surface area contributed by atoms with Crippen molar-refractivity contribution in [2.45, 2.75) is 13.5 Å². The maximum absolute atomic E-state index is 5.25. The molecule has 2 N–H and O–H groups in total. The molecule has 1 heterocycles. The molecule has 0 fully saturated rings. The Kier molecular flexibility index (Phi) is 3.31. The van der Waals surface area contributed by atoms with Crippen LogP contribution in [0.5, 0.6) is 0 Å². The summed E-state index contributed by atoms with van der Waals surface area (Å²) < 4.78 is 0. The molecule has 82 valence electrons. The van der Waals surface area contributed by atoms with E-state index in [9.17, 15) is 0 Å². The van der Waals surface area contributed by atoms with E-state index in [1.807, 2.05) is 25.1 Å². The van der Waals surface area contributed by atoms with Crippen molar-refractivity contribution in [1.29, 1.82) is 0 Å². The molecule has 2 aromatic rings. The summed E-state index contributed by atoms with van der Waals surface area (Å²) in [5, 5.41) is 3.19. The van der Waals surface area contributed by atoms with Crippen molar-refractivity contribution >= 4 is 17.2 Å². The molecule has 0 saturated carbocycles. The first kappa shape index (κ1) is 10.8. The third-order valence-electron chi connectivity index (χ3n) is 2.24. The van der Waals surface area contributed by atoms with Crippen LogP contribution < -0.4 is 5.32 Å². The third kappa shape index (κ3) is 2.67. The Balaban J connectivity index is 1.94. The molecular weight excluding hydrogens is 218 g/mol. The van der Waals surface area contributed by atoms with Crippen molar-refractivity contribution in [1.82, 2.24) is 15.3 Å². The Labute approximate surface area is 99.9 Å². The fourth-order valence-electron chi connectivity index (χ4n) is 1.41. The van der Waals surface area contributed by atoms with Crippen LogP contribution in [0.4, 0.5) is 0 Å². The van der Waals surface area contributed by atoms with Gasteiger partial charge in [-0.05, 0) is 12.5 Å². The Bertz CT molecular complexity index is 476. The minimum atomic E-state index is 0.699. The first-order valence-electron chi connectivity index (χ1n) is 5.09. The predicted molar refractivity (Wildman–Crippen MR) is 68.3 cm³/mol. The number of nitrogens with zero attached hydrogens (tertiary/aromatic N) is 1. The summed E-state index contributed by atoms with van der Waals surface area (Å²) in [6.07, 6.45) is 1.75. The Morgan fingerprint density at radius 1 is 1.38 bits per heavy atom. The van der Waals surface area contributed by atoms with Gasteiger partial charge in [-0.1, -0.05) is 42.5 Å². The van der Waals surface area contributed by atoms with E-state index in [2.05, 4.69) is 27.4 Å². The molecule has 0 amide bonds. The summed E-state index contributed by atoms with van der Waals surface area (Å²) >= 11 is 5.25. The van der Waals surface area contributed by atoms with E-state index in [0.29, 0.717) is 4.99 Å². The van der Waals surface area contributed by atoms with Gasteiger partial charge in [-0.15, -0.1) is 0 Å². The second-order valence-electron chi connectivity index (χ2n) is 3.55. The fraction of sp³-hybridized carbons (Fsp3) is 0.167. The fourth-order valence-corrected chi connectivity index (χ4v) is 1.59. The van der Waals surface area contributed by atoms with Crippen LogP contribution in [0.25, 0.3) is 0 Å². The molecule has 2 rings (SSSR count). The normalized spacial score (nSPS) is 10.1. The van der Waals surface area contributed by atoms with E-state index in [0.717, 1.165) is 18.1 Å². The van der Waals surface area contributed by atoms with E-state index in [4.69, 9.17) is 12.2 Å². The summed E-state index contributed by atoms with van der Waals surface area (Å²) in [6.45, 7) is 2.64. The highest BCUT2D eigenvalue weighted by atomic mass is 32.1. The number of rotatable bonds is 3. The van der Waals surface area contributed by atoms with Crippen molar-refractivity contribution in [3.8, 4) is 0 Å². The van der Waals surface area contributed by atoms with Crippen molar-refractivity contribution in [2.24, 2.45) is 0 Å². The number of benzene rings is 1. The molecule has 0 aliphatic heterocycles. The Hall–Kier alpha value is -1.68. The molecule has 0 radical (unpaired) electrons. The van der Waals surface area contributed by atoms with Gasteiger partial charge in [-0.25, -0.2) is 4.98 Å². The quantitative estimate of drug-likeness (QED) is 0.795. The van der Waals surface area contributed by atoms with Gasteiger partial charge in [-0.2, -0.15) is 0 Å². The average Bonchev–Trinajstić information content (AvgIpc) is 2.74. The number of H-pyrrole nitrogens is 1. The largest absolute Gasteiger partial charge is 0.370 e. The van der Waals surface area contributed by atoms with Crippen molar-refractivity contribution in [3.05, 3.63) is 53.6 Å². The SMILES string of the molecule is Cc1ncc(C(=S)NCc2ccccc2)[nH]1. The molecule has 1 aromatic carbocycles. The molecule has 0 spiro atoms. The molecular formula is C12H13N3S. The lowest BCUT2D eigenvalue weighted by atomic mass is 10.2. The summed E-state index contributed by atoms with van der Waals surface area (Å²) in [5.41, 5.74) is 2.07. The summed E-state index contributed by atoms with van der Waals surface area (Å²) in [5.74, 6) is 0.874. The summed E-state index contributed by atoms with van der Waals surface area (Å²) in [7, 11) is 0. The Morgan fingerprint density at radius 3 is 2.75 bits per heavy atom. The third-order valence-corrected chi connectivity index (χ3v) is 2.61. The monoisotopic (exact) mass is 231 g/mol. The molecule has 4 heteroatoms. The number of aromatic amines is 1. The zero-order valence-electron chi connectivity index (χ0n) is 9.03. The van der Waals surface area contributed by atoms with Crippen LogP contribution in [0.1, 0.15) is 17.1 Å². The lowest BCUT2D eigenvalue weighted by Crippen LogP contribution is -2.21. The minimum Gasteiger partial charge on any atom is -0.370 e. The molecule has 0 aliphatic rings. The molecule has 0 unspecified atom stereocenters. The zero-order valence-corrected chi connectivity index (χ0v) is 9.84. The number of hydrogen-bond donors (Lipinski definition) is 2. The second kappa shape index (κ2) is 4.90. The topological polar surface area (TPSA) is 40.7 Å². The van der Waals surface area contributed by atoms with Crippen LogP contribution in [0, 0.1) is 6.92 Å². The zero-order chi connectivity index (χ0) is 11.4. The minimum absolute atomic E-state index is 0.699. The molecule has 16 heavy (non-hydrogen) atoms. The van der Waals surface area contributed by atoms with Gasteiger partial charge in [0.05, 0.1) is 11.9 Å². The van der Waals surface area contributed by atoms with Gasteiger partial charge in [0.1, 0.15) is 10.8 Å². The number of imidazole rings is 1. The highest BCUT2D eigenvalue weighted by Crippen LogP contribution is 2.00. The molecule has 3 nitrogen and oxygen atoms in total. The van der Waals surface area contributed by atoms with Crippen molar-refractivity contribution < 1.29 is 0 Å². The lowest BCUT2D eigenvalue weighted by Gasteiger charge is -2.05. The number of nitrogens with one attached hydrogen (secondary N) is 2. The predicted octanol–water partition coefficient (Wildman–Crippen LogP) is 2.18. The van der Waals surface area contributed by atoms with Gasteiger partial charge in [0.2, 0.25) is 0 Å². The first-order chi connectivity index (χ1) is 7.75. The van der Waals surface area contributed by atoms with Gasteiger partial charge in [-0.3, -0.25) is 0 Å². The highest BCUT2D eigenvalue weighted by Gasteiger charge is 2.02. The van der Waals surface area contributed by atoms with Crippen molar-refractivity contribution in [2.75, 3.05) is 0 Å². The number of hydrogen-bond acceptors (Lipinski definition) is 2. The number of thiocarbonyl (C=S) groups is 1. The van der Waals surface area contributed by atoms with Crippen LogP contribution >= 0.6 is 12.2 Å². The van der Waals surface area contributed by atoms with Gasteiger partial charge in [0, 0.05) is 6.54 Å². The highest BCUT2D eigenvalue weighted by molar-refractivity contribution is 7.80.